The van der Waals surface area contributed by atoms with E-state index in [2.05, 4.69) is 16.7 Å². The highest BCUT2D eigenvalue weighted by molar-refractivity contribution is 8.03. The fourth-order valence-corrected chi connectivity index (χ4v) is 4.13. The van der Waals surface area contributed by atoms with Crippen molar-refractivity contribution in [2.24, 2.45) is 0 Å². The number of hydrogen-bond donors (Lipinski definition) is 2. The molecular formula is C23H23N3O4S. The zero-order chi connectivity index (χ0) is 22.2. The number of nitriles is 1. The number of hydrogen-bond acceptors (Lipinski definition) is 6. The summed E-state index contributed by atoms with van der Waals surface area (Å²) in [6, 6.07) is 16.7. The number of ether oxygens (including phenoxy) is 2. The molecule has 1 aliphatic rings. The Hall–Kier alpha value is -3.44. The van der Waals surface area contributed by atoms with Gasteiger partial charge >= 0.3 is 0 Å². The predicted octanol–water partition coefficient (Wildman–Crippen LogP) is 3.80. The highest BCUT2D eigenvalue weighted by Gasteiger charge is 2.30. The third-order valence-corrected chi connectivity index (χ3v) is 5.70. The lowest BCUT2D eigenvalue weighted by Crippen LogP contribution is -2.31. The predicted molar refractivity (Wildman–Crippen MR) is 120 cm³/mol. The molecule has 2 N–H and O–H groups in total. The Morgan fingerprint density at radius 1 is 1.26 bits per heavy atom. The largest absolute Gasteiger partial charge is 0.495 e. The SMILES string of the molecule is CCOc1ccc([C@@H]2CC(=O)NC(SCC(=O)Nc3ccccc3OC)=C2C#N)cc1. The first-order chi connectivity index (χ1) is 15.0. The van der Waals surface area contributed by atoms with E-state index in [-0.39, 0.29) is 29.9 Å². The van der Waals surface area contributed by atoms with Crippen molar-refractivity contribution >= 4 is 29.3 Å². The van der Waals surface area contributed by atoms with Crippen molar-refractivity contribution in [3.63, 3.8) is 0 Å². The van der Waals surface area contributed by atoms with Crippen LogP contribution in [0.25, 0.3) is 0 Å². The molecular weight excluding hydrogens is 414 g/mol. The van der Waals surface area contributed by atoms with Crippen LogP contribution in [-0.2, 0) is 9.59 Å². The summed E-state index contributed by atoms with van der Waals surface area (Å²) in [5.74, 6) is 0.502. The number of allylic oxidation sites excluding steroid dienone is 1. The van der Waals surface area contributed by atoms with E-state index < -0.39 is 0 Å². The van der Waals surface area contributed by atoms with Crippen LogP contribution in [0.3, 0.4) is 0 Å². The summed E-state index contributed by atoms with van der Waals surface area (Å²) < 4.78 is 10.7. The topological polar surface area (TPSA) is 100 Å². The van der Waals surface area contributed by atoms with Crippen molar-refractivity contribution in [1.82, 2.24) is 5.32 Å². The summed E-state index contributed by atoms with van der Waals surface area (Å²) in [5, 5.41) is 15.7. The molecule has 0 fully saturated rings. The molecule has 0 radical (unpaired) electrons. The number of methoxy groups -OCH3 is 1. The van der Waals surface area contributed by atoms with E-state index in [0.717, 1.165) is 23.1 Å². The fraction of sp³-hybridized carbons (Fsp3) is 0.261. The van der Waals surface area contributed by atoms with E-state index in [1.54, 1.807) is 18.2 Å². The normalized spacial score (nSPS) is 15.6. The molecule has 0 bridgehead atoms. The molecule has 0 saturated heterocycles. The first-order valence-corrected chi connectivity index (χ1v) is 10.8. The zero-order valence-electron chi connectivity index (χ0n) is 17.3. The monoisotopic (exact) mass is 437 g/mol. The highest BCUT2D eigenvalue weighted by Crippen LogP contribution is 2.36. The van der Waals surface area contributed by atoms with Crippen molar-refractivity contribution in [2.45, 2.75) is 19.3 Å². The Bertz CT molecular complexity index is 1030. The first kappa shape index (κ1) is 22.2. The van der Waals surface area contributed by atoms with Crippen molar-refractivity contribution < 1.29 is 19.1 Å². The lowest BCUT2D eigenvalue weighted by molar-refractivity contribution is -0.121. The number of anilines is 1. The second-order valence-corrected chi connectivity index (χ2v) is 7.68. The number of rotatable bonds is 8. The maximum atomic E-state index is 12.4. The van der Waals surface area contributed by atoms with Crippen molar-refractivity contribution in [3.05, 3.63) is 64.7 Å². The molecule has 2 amide bonds. The molecule has 0 aromatic heterocycles. The number of para-hydroxylation sites is 2. The van der Waals surface area contributed by atoms with E-state index in [1.165, 1.54) is 7.11 Å². The van der Waals surface area contributed by atoms with Crippen molar-refractivity contribution in [3.8, 4) is 17.6 Å². The number of nitrogens with one attached hydrogen (secondary N) is 2. The summed E-state index contributed by atoms with van der Waals surface area (Å²) in [7, 11) is 1.53. The summed E-state index contributed by atoms with van der Waals surface area (Å²) >= 11 is 1.13. The second kappa shape index (κ2) is 10.5. The lowest BCUT2D eigenvalue weighted by Gasteiger charge is -2.25. The van der Waals surface area contributed by atoms with Gasteiger partial charge in [-0.1, -0.05) is 36.0 Å². The number of thioether (sulfide) groups is 1. The summed E-state index contributed by atoms with van der Waals surface area (Å²) in [4.78, 5) is 24.7. The van der Waals surface area contributed by atoms with Crippen LogP contribution >= 0.6 is 11.8 Å². The lowest BCUT2D eigenvalue weighted by atomic mass is 9.87. The van der Waals surface area contributed by atoms with Gasteiger partial charge in [-0.3, -0.25) is 9.59 Å². The van der Waals surface area contributed by atoms with E-state index in [1.807, 2.05) is 37.3 Å². The standard InChI is InChI=1S/C23H23N3O4S/c1-3-30-16-10-8-15(9-11-16)17-12-21(27)26-23(18(17)13-24)31-14-22(28)25-19-6-4-5-7-20(19)29-2/h4-11,17H,3,12,14H2,1-2H3,(H,25,28)(H,26,27)/t17-/m0/s1. The zero-order valence-corrected chi connectivity index (χ0v) is 18.1. The van der Waals surface area contributed by atoms with Crippen LogP contribution in [0.1, 0.15) is 24.8 Å². The van der Waals surface area contributed by atoms with Gasteiger partial charge in [0, 0.05) is 12.3 Å². The van der Waals surface area contributed by atoms with Crippen LogP contribution in [-0.4, -0.2) is 31.3 Å². The van der Waals surface area contributed by atoms with Gasteiger partial charge in [-0.15, -0.1) is 0 Å². The fourth-order valence-electron chi connectivity index (χ4n) is 3.25. The maximum Gasteiger partial charge on any atom is 0.234 e. The van der Waals surface area contributed by atoms with Crippen LogP contribution < -0.4 is 20.1 Å². The molecule has 31 heavy (non-hydrogen) atoms. The number of amides is 2. The Labute approximate surface area is 185 Å². The Balaban J connectivity index is 1.74. The average Bonchev–Trinajstić information content (AvgIpc) is 2.78. The molecule has 1 heterocycles. The molecule has 0 unspecified atom stereocenters. The average molecular weight is 438 g/mol. The first-order valence-electron chi connectivity index (χ1n) is 9.78. The molecule has 0 saturated carbocycles. The van der Waals surface area contributed by atoms with Gasteiger partial charge in [-0.2, -0.15) is 5.26 Å². The van der Waals surface area contributed by atoms with Crippen LogP contribution in [0.15, 0.2) is 59.1 Å². The molecule has 0 spiro atoms. The van der Waals surface area contributed by atoms with Gasteiger partial charge < -0.3 is 20.1 Å². The van der Waals surface area contributed by atoms with E-state index in [4.69, 9.17) is 9.47 Å². The minimum absolute atomic E-state index is 0.0365. The molecule has 3 rings (SSSR count). The van der Waals surface area contributed by atoms with Crippen LogP contribution in [0.2, 0.25) is 0 Å². The molecule has 8 heteroatoms. The molecule has 160 valence electrons. The summed E-state index contributed by atoms with van der Waals surface area (Å²) in [6.45, 7) is 2.47. The minimum Gasteiger partial charge on any atom is -0.495 e. The van der Waals surface area contributed by atoms with Gasteiger partial charge in [0.25, 0.3) is 0 Å². The molecule has 2 aromatic carbocycles. The molecule has 0 aliphatic carbocycles. The number of nitrogens with zero attached hydrogens (tertiary/aromatic N) is 1. The minimum atomic E-state index is -0.366. The Kier molecular flexibility index (Phi) is 7.57. The van der Waals surface area contributed by atoms with Gasteiger partial charge in [-0.05, 0) is 36.8 Å². The second-order valence-electron chi connectivity index (χ2n) is 6.70. The van der Waals surface area contributed by atoms with Gasteiger partial charge in [0.1, 0.15) is 11.5 Å². The van der Waals surface area contributed by atoms with Gasteiger partial charge in [0.15, 0.2) is 0 Å². The third kappa shape index (κ3) is 5.58. The van der Waals surface area contributed by atoms with Gasteiger partial charge in [0.05, 0.1) is 41.8 Å². The Morgan fingerprint density at radius 3 is 2.68 bits per heavy atom. The van der Waals surface area contributed by atoms with E-state index >= 15 is 0 Å². The molecule has 1 atom stereocenters. The Morgan fingerprint density at radius 2 is 2.00 bits per heavy atom. The number of carbonyl (C=O) groups is 2. The maximum absolute atomic E-state index is 12.4. The van der Waals surface area contributed by atoms with Gasteiger partial charge in [-0.25, -0.2) is 0 Å². The smallest absolute Gasteiger partial charge is 0.234 e. The van der Waals surface area contributed by atoms with Crippen LogP contribution in [0.4, 0.5) is 5.69 Å². The van der Waals surface area contributed by atoms with Crippen molar-refractivity contribution in [2.75, 3.05) is 24.8 Å². The number of benzene rings is 2. The van der Waals surface area contributed by atoms with Crippen LogP contribution in [0, 0.1) is 11.3 Å². The highest BCUT2D eigenvalue weighted by atomic mass is 32.2. The van der Waals surface area contributed by atoms with E-state index in [9.17, 15) is 14.9 Å². The van der Waals surface area contributed by atoms with Crippen LogP contribution in [0.5, 0.6) is 11.5 Å². The third-order valence-electron chi connectivity index (χ3n) is 4.68. The number of carbonyl (C=O) groups excluding carboxylic acids is 2. The van der Waals surface area contributed by atoms with E-state index in [0.29, 0.717) is 28.6 Å². The summed E-state index contributed by atoms with van der Waals surface area (Å²) in [5.41, 5.74) is 1.86. The molecule has 1 aliphatic heterocycles. The summed E-state index contributed by atoms with van der Waals surface area (Å²) in [6.07, 6.45) is 0.175. The van der Waals surface area contributed by atoms with Crippen molar-refractivity contribution in [1.29, 1.82) is 5.26 Å². The quantitative estimate of drug-likeness (QED) is 0.651. The van der Waals surface area contributed by atoms with Gasteiger partial charge in [0.2, 0.25) is 11.8 Å². The molecule has 2 aromatic rings. The molecule has 7 nitrogen and oxygen atoms in total.